The molecule has 218 valence electrons. The Morgan fingerprint density at radius 2 is 0.936 bits per heavy atom. The van der Waals surface area contributed by atoms with Crippen LogP contribution in [0.25, 0.3) is 86.3 Å². The van der Waals surface area contributed by atoms with Crippen LogP contribution in [-0.2, 0) is 0 Å². The quantitative estimate of drug-likeness (QED) is 0.195. The molecule has 0 unspecified atom stereocenters. The second kappa shape index (κ2) is 9.92. The highest BCUT2D eigenvalue weighted by Crippen LogP contribution is 2.42. The van der Waals surface area contributed by atoms with Crippen LogP contribution >= 0.6 is 11.3 Å². The average molecular weight is 616 g/mol. The molecule has 7 aromatic carbocycles. The topological polar surface area (TPSA) is 33.6 Å². The molecule has 0 aliphatic carbocycles. The van der Waals surface area contributed by atoms with Gasteiger partial charge in [0.15, 0.2) is 0 Å². The monoisotopic (exact) mass is 615 g/mol. The minimum absolute atomic E-state index is 0.733. The molecule has 0 saturated carbocycles. The molecule has 0 amide bonds. The fourth-order valence-electron chi connectivity index (χ4n) is 7.48. The van der Waals surface area contributed by atoms with Gasteiger partial charge in [0.25, 0.3) is 0 Å². The van der Waals surface area contributed by atoms with Crippen molar-refractivity contribution < 1.29 is 0 Å². The van der Waals surface area contributed by atoms with Crippen LogP contribution in [0.15, 0.2) is 152 Å². The lowest BCUT2D eigenvalue weighted by atomic mass is 10.0. The summed E-state index contributed by atoms with van der Waals surface area (Å²) < 4.78 is 7.02. The van der Waals surface area contributed by atoms with Gasteiger partial charge in [-0.1, -0.05) is 91.0 Å². The molecule has 3 heterocycles. The van der Waals surface area contributed by atoms with Gasteiger partial charge in [0.2, 0.25) is 0 Å². The molecular formula is C43H25N3S. The molecule has 10 rings (SSSR count). The van der Waals surface area contributed by atoms with Crippen LogP contribution in [0.3, 0.4) is 0 Å². The second-order valence-corrected chi connectivity index (χ2v) is 13.1. The van der Waals surface area contributed by atoms with Gasteiger partial charge >= 0.3 is 0 Å². The number of benzene rings is 7. The maximum atomic E-state index is 9.78. The van der Waals surface area contributed by atoms with Crippen LogP contribution in [0.2, 0.25) is 0 Å². The number of fused-ring (bicyclic) bond motifs is 9. The number of rotatable bonds is 3. The molecule has 4 heteroatoms. The van der Waals surface area contributed by atoms with E-state index in [2.05, 4.69) is 155 Å². The summed E-state index contributed by atoms with van der Waals surface area (Å²) in [5.74, 6) is 0. The van der Waals surface area contributed by atoms with Gasteiger partial charge in [0, 0.05) is 48.4 Å². The van der Waals surface area contributed by atoms with E-state index >= 15 is 0 Å². The van der Waals surface area contributed by atoms with Gasteiger partial charge in [0.1, 0.15) is 6.07 Å². The van der Waals surface area contributed by atoms with Crippen molar-refractivity contribution in [3.8, 4) is 28.6 Å². The van der Waals surface area contributed by atoms with Crippen molar-refractivity contribution in [3.05, 3.63) is 157 Å². The van der Waals surface area contributed by atoms with Gasteiger partial charge in [0.05, 0.1) is 32.3 Å². The van der Waals surface area contributed by atoms with E-state index in [4.69, 9.17) is 0 Å². The normalized spacial score (nSPS) is 11.8. The molecule has 3 nitrogen and oxygen atoms in total. The second-order valence-electron chi connectivity index (χ2n) is 12.1. The maximum Gasteiger partial charge on any atom is 0.101 e. The molecule has 0 radical (unpaired) electrons. The number of hydrogen-bond donors (Lipinski definition) is 0. The zero-order valence-corrected chi connectivity index (χ0v) is 26.0. The molecule has 0 aliphatic rings. The number of aromatic nitrogens is 2. The Bertz CT molecular complexity index is 2880. The Labute approximate surface area is 274 Å². The van der Waals surface area contributed by atoms with Crippen LogP contribution < -0.4 is 0 Å². The van der Waals surface area contributed by atoms with Gasteiger partial charge in [-0.25, -0.2) is 0 Å². The molecule has 0 saturated heterocycles. The van der Waals surface area contributed by atoms with E-state index in [0.29, 0.717) is 0 Å². The SMILES string of the molecule is N#Cc1cccc2c1sc1cc3c4ccccc4n(-c4cccc(-c5cccc(-n6c7ccccc7c7ccccc76)c5)c4)c3cc12. The molecular weight excluding hydrogens is 591 g/mol. The first-order valence-electron chi connectivity index (χ1n) is 15.7. The summed E-state index contributed by atoms with van der Waals surface area (Å²) in [5, 5.41) is 17.1. The molecule has 3 aromatic heterocycles. The summed E-state index contributed by atoms with van der Waals surface area (Å²) in [6.07, 6.45) is 0. The third kappa shape index (κ3) is 3.78. The van der Waals surface area contributed by atoms with Crippen molar-refractivity contribution in [2.75, 3.05) is 0 Å². The third-order valence-corrected chi connectivity index (χ3v) is 10.7. The molecule has 0 fully saturated rings. The maximum absolute atomic E-state index is 9.78. The van der Waals surface area contributed by atoms with E-state index in [9.17, 15) is 5.26 Å². The summed E-state index contributed by atoms with van der Waals surface area (Å²) in [6, 6.07) is 56.8. The van der Waals surface area contributed by atoms with E-state index in [-0.39, 0.29) is 0 Å². The molecule has 10 aromatic rings. The highest BCUT2D eigenvalue weighted by molar-refractivity contribution is 7.26. The lowest BCUT2D eigenvalue weighted by molar-refractivity contribution is 1.17. The van der Waals surface area contributed by atoms with Crippen molar-refractivity contribution in [2.45, 2.75) is 0 Å². The molecule has 0 aliphatic heterocycles. The predicted octanol–water partition coefficient (Wildman–Crippen LogP) is 11.8. The number of thiophene rings is 1. The van der Waals surface area contributed by atoms with Gasteiger partial charge in [-0.05, 0) is 71.8 Å². The van der Waals surface area contributed by atoms with E-state index in [1.165, 1.54) is 53.7 Å². The smallest absolute Gasteiger partial charge is 0.101 e. The summed E-state index contributed by atoms with van der Waals surface area (Å²) in [4.78, 5) is 0. The molecule has 47 heavy (non-hydrogen) atoms. The minimum Gasteiger partial charge on any atom is -0.309 e. The Morgan fingerprint density at radius 3 is 1.53 bits per heavy atom. The first-order chi connectivity index (χ1) is 23.3. The largest absolute Gasteiger partial charge is 0.309 e. The molecule has 0 atom stereocenters. The lowest BCUT2D eigenvalue weighted by Crippen LogP contribution is -1.96. The Morgan fingerprint density at radius 1 is 0.426 bits per heavy atom. The van der Waals surface area contributed by atoms with Crippen molar-refractivity contribution >= 4 is 75.1 Å². The fourth-order valence-corrected chi connectivity index (χ4v) is 8.66. The van der Waals surface area contributed by atoms with E-state index < -0.39 is 0 Å². The Kier molecular flexibility index (Phi) is 5.51. The van der Waals surface area contributed by atoms with Crippen molar-refractivity contribution in [1.29, 1.82) is 5.26 Å². The standard InChI is InChI=1S/C43H25N3S/c44-26-29-12-9-18-35-37-24-41-36(25-42(37)47-43(29)35)34-17-3-6-21-40(34)46(41)31-14-8-11-28(23-31)27-10-7-13-30(22-27)45-38-19-4-1-15-32(38)33-16-2-5-20-39(33)45/h1-25H. The third-order valence-electron chi connectivity index (χ3n) is 9.53. The summed E-state index contributed by atoms with van der Waals surface area (Å²) in [5.41, 5.74) is 10.1. The highest BCUT2D eigenvalue weighted by Gasteiger charge is 2.17. The van der Waals surface area contributed by atoms with Crippen LogP contribution in [0.4, 0.5) is 0 Å². The molecule has 0 spiro atoms. The first-order valence-corrected chi connectivity index (χ1v) is 16.6. The lowest BCUT2D eigenvalue weighted by Gasteiger charge is -2.13. The zero-order chi connectivity index (χ0) is 31.1. The van der Waals surface area contributed by atoms with Crippen molar-refractivity contribution in [2.24, 2.45) is 0 Å². The van der Waals surface area contributed by atoms with Crippen LogP contribution in [0.1, 0.15) is 5.56 Å². The van der Waals surface area contributed by atoms with Gasteiger partial charge < -0.3 is 9.13 Å². The van der Waals surface area contributed by atoms with Gasteiger partial charge in [-0.2, -0.15) is 5.26 Å². The van der Waals surface area contributed by atoms with Crippen molar-refractivity contribution in [3.63, 3.8) is 0 Å². The predicted molar refractivity (Wildman–Crippen MR) is 198 cm³/mol. The summed E-state index contributed by atoms with van der Waals surface area (Å²) in [6.45, 7) is 0. The Hall–Kier alpha value is -6.15. The summed E-state index contributed by atoms with van der Waals surface area (Å²) in [7, 11) is 0. The van der Waals surface area contributed by atoms with Gasteiger partial charge in [-0.15, -0.1) is 11.3 Å². The van der Waals surface area contributed by atoms with E-state index in [1.54, 1.807) is 11.3 Å². The Balaban J connectivity index is 1.18. The van der Waals surface area contributed by atoms with Crippen LogP contribution in [0, 0.1) is 11.3 Å². The number of nitriles is 1. The van der Waals surface area contributed by atoms with E-state index in [0.717, 1.165) is 38.1 Å². The van der Waals surface area contributed by atoms with Crippen molar-refractivity contribution in [1.82, 2.24) is 9.13 Å². The first kappa shape index (κ1) is 26.1. The number of para-hydroxylation sites is 3. The minimum atomic E-state index is 0.733. The molecule has 0 N–H and O–H groups in total. The highest BCUT2D eigenvalue weighted by atomic mass is 32.1. The molecule has 0 bridgehead atoms. The van der Waals surface area contributed by atoms with Crippen LogP contribution in [0.5, 0.6) is 0 Å². The van der Waals surface area contributed by atoms with E-state index in [1.807, 2.05) is 12.1 Å². The number of nitrogens with zero attached hydrogens (tertiary/aromatic N) is 3. The average Bonchev–Trinajstić information content (AvgIpc) is 3.78. The zero-order valence-electron chi connectivity index (χ0n) is 25.2. The number of hydrogen-bond acceptors (Lipinski definition) is 2. The summed E-state index contributed by atoms with van der Waals surface area (Å²) >= 11 is 1.71. The van der Waals surface area contributed by atoms with Crippen LogP contribution in [-0.4, -0.2) is 9.13 Å². The fraction of sp³-hybridized carbons (Fsp3) is 0. The van der Waals surface area contributed by atoms with Gasteiger partial charge in [-0.3, -0.25) is 0 Å².